The van der Waals surface area contributed by atoms with E-state index in [2.05, 4.69) is 33.9 Å². The van der Waals surface area contributed by atoms with Crippen LogP contribution in [0.15, 0.2) is 29.3 Å². The molecule has 23 heavy (non-hydrogen) atoms. The first kappa shape index (κ1) is 19.7. The van der Waals surface area contributed by atoms with Crippen LogP contribution < -0.4 is 16.0 Å². The molecule has 0 aliphatic carbocycles. The lowest BCUT2D eigenvalue weighted by Gasteiger charge is -2.26. The third-order valence-electron chi connectivity index (χ3n) is 3.92. The summed E-state index contributed by atoms with van der Waals surface area (Å²) in [4.78, 5) is 16.0. The van der Waals surface area contributed by atoms with E-state index in [1.54, 1.807) is 7.05 Å². The number of nitrogens with zero attached hydrogens (tertiary/aromatic N) is 1. The molecule has 1 atom stereocenters. The van der Waals surface area contributed by atoms with Gasteiger partial charge < -0.3 is 16.0 Å². The van der Waals surface area contributed by atoms with Crippen molar-refractivity contribution in [1.29, 1.82) is 0 Å². The van der Waals surface area contributed by atoms with Gasteiger partial charge in [-0.1, -0.05) is 38.0 Å². The highest BCUT2D eigenvalue weighted by molar-refractivity contribution is 14.0. The highest BCUT2D eigenvalue weighted by Gasteiger charge is 2.24. The Morgan fingerprint density at radius 3 is 2.83 bits per heavy atom. The molecule has 128 valence electrons. The van der Waals surface area contributed by atoms with Crippen molar-refractivity contribution >= 4 is 41.5 Å². The summed E-state index contributed by atoms with van der Waals surface area (Å²) in [5.41, 5.74) is 2.12. The van der Waals surface area contributed by atoms with Crippen LogP contribution in [0.25, 0.3) is 0 Å². The molecule has 3 N–H and O–H groups in total. The molecule has 1 heterocycles. The van der Waals surface area contributed by atoms with Crippen LogP contribution in [0.2, 0.25) is 0 Å². The van der Waals surface area contributed by atoms with Gasteiger partial charge in [-0.3, -0.25) is 9.79 Å². The second-order valence-electron chi connectivity index (χ2n) is 5.62. The molecule has 6 heteroatoms. The number of para-hydroxylation sites is 1. The molecule has 0 aromatic heterocycles. The average Bonchev–Trinajstić information content (AvgIpc) is 2.54. The zero-order chi connectivity index (χ0) is 15.8. The van der Waals surface area contributed by atoms with E-state index in [9.17, 15) is 4.79 Å². The van der Waals surface area contributed by atoms with Crippen molar-refractivity contribution in [3.63, 3.8) is 0 Å². The number of anilines is 1. The van der Waals surface area contributed by atoms with Crippen molar-refractivity contribution < 1.29 is 4.79 Å². The maximum Gasteiger partial charge on any atom is 0.225 e. The molecule has 5 nitrogen and oxygen atoms in total. The Morgan fingerprint density at radius 2 is 2.09 bits per heavy atom. The minimum Gasteiger partial charge on any atom is -0.356 e. The third kappa shape index (κ3) is 6.01. The molecule has 2 rings (SSSR count). The monoisotopic (exact) mass is 430 g/mol. The smallest absolute Gasteiger partial charge is 0.225 e. The van der Waals surface area contributed by atoms with E-state index in [0.717, 1.165) is 24.6 Å². The predicted octanol–water partition coefficient (Wildman–Crippen LogP) is 3.09. The van der Waals surface area contributed by atoms with Crippen LogP contribution >= 0.6 is 24.0 Å². The summed E-state index contributed by atoms with van der Waals surface area (Å²) in [7, 11) is 1.77. The number of hydrogen-bond acceptors (Lipinski definition) is 2. The number of hydrogen-bond donors (Lipinski definition) is 3. The Labute approximate surface area is 155 Å². The summed E-state index contributed by atoms with van der Waals surface area (Å²) >= 11 is 0. The van der Waals surface area contributed by atoms with Crippen molar-refractivity contribution in [2.45, 2.75) is 38.5 Å². The number of nitrogens with one attached hydrogen (secondary N) is 3. The fraction of sp³-hybridized carbons (Fsp3) is 0.529. The first-order valence-corrected chi connectivity index (χ1v) is 8.08. The number of benzene rings is 1. The number of rotatable bonds is 6. The Bertz CT molecular complexity index is 533. The standard InChI is InChI=1S/C17H26N4O.HI/c1-3-4-7-10-19-17(18-2)20-12-13-11-16(22)21-15-9-6-5-8-14(13)15;/h5-6,8-9,13H,3-4,7,10-12H2,1-2H3,(H,21,22)(H2,18,19,20);1H. The van der Waals surface area contributed by atoms with E-state index < -0.39 is 0 Å². The second-order valence-corrected chi connectivity index (χ2v) is 5.62. The number of carbonyl (C=O) groups is 1. The van der Waals surface area contributed by atoms with Crippen LogP contribution in [-0.4, -0.2) is 32.0 Å². The van der Waals surface area contributed by atoms with Crippen LogP contribution in [-0.2, 0) is 4.79 Å². The zero-order valence-electron chi connectivity index (χ0n) is 13.9. The summed E-state index contributed by atoms with van der Waals surface area (Å²) in [6.07, 6.45) is 4.09. The van der Waals surface area contributed by atoms with Crippen molar-refractivity contribution in [3.8, 4) is 0 Å². The number of carbonyl (C=O) groups excluding carboxylic acids is 1. The Morgan fingerprint density at radius 1 is 1.30 bits per heavy atom. The van der Waals surface area contributed by atoms with Gasteiger partial charge in [0.2, 0.25) is 5.91 Å². The van der Waals surface area contributed by atoms with Gasteiger partial charge >= 0.3 is 0 Å². The lowest BCUT2D eigenvalue weighted by atomic mass is 9.90. The van der Waals surface area contributed by atoms with E-state index in [1.807, 2.05) is 18.2 Å². The highest BCUT2D eigenvalue weighted by atomic mass is 127. The van der Waals surface area contributed by atoms with Gasteiger partial charge in [-0.2, -0.15) is 0 Å². The maximum absolute atomic E-state index is 11.8. The third-order valence-corrected chi connectivity index (χ3v) is 3.92. The molecule has 1 aliphatic rings. The number of halogens is 1. The van der Waals surface area contributed by atoms with Gasteiger partial charge in [0, 0.05) is 38.2 Å². The van der Waals surface area contributed by atoms with Gasteiger partial charge in [0.05, 0.1) is 0 Å². The number of amides is 1. The van der Waals surface area contributed by atoms with Gasteiger partial charge in [-0.25, -0.2) is 0 Å². The minimum absolute atomic E-state index is 0. The van der Waals surface area contributed by atoms with Crippen LogP contribution in [0.5, 0.6) is 0 Å². The Hall–Kier alpha value is -1.31. The molecule has 0 radical (unpaired) electrons. The molecule has 1 aromatic rings. The molecule has 0 saturated heterocycles. The van der Waals surface area contributed by atoms with E-state index in [-0.39, 0.29) is 35.8 Å². The molecule has 1 unspecified atom stereocenters. The zero-order valence-corrected chi connectivity index (χ0v) is 16.2. The van der Waals surface area contributed by atoms with E-state index in [0.29, 0.717) is 13.0 Å². The average molecular weight is 430 g/mol. The topological polar surface area (TPSA) is 65.5 Å². The van der Waals surface area contributed by atoms with Crippen LogP contribution in [0.3, 0.4) is 0 Å². The Balaban J connectivity index is 0.00000264. The summed E-state index contributed by atoms with van der Waals surface area (Å²) in [6.45, 7) is 3.83. The van der Waals surface area contributed by atoms with Gasteiger partial charge in [-0.05, 0) is 18.1 Å². The first-order valence-electron chi connectivity index (χ1n) is 8.08. The molecule has 1 aliphatic heterocycles. The summed E-state index contributed by atoms with van der Waals surface area (Å²) < 4.78 is 0. The van der Waals surface area contributed by atoms with Crippen LogP contribution in [0, 0.1) is 0 Å². The van der Waals surface area contributed by atoms with Crippen molar-refractivity contribution in [2.24, 2.45) is 4.99 Å². The van der Waals surface area contributed by atoms with Crippen LogP contribution in [0.1, 0.15) is 44.1 Å². The minimum atomic E-state index is 0. The molecule has 0 bridgehead atoms. The lowest BCUT2D eigenvalue weighted by Crippen LogP contribution is -2.41. The summed E-state index contributed by atoms with van der Waals surface area (Å²) in [6, 6.07) is 8.00. The first-order chi connectivity index (χ1) is 10.7. The quantitative estimate of drug-likeness (QED) is 0.281. The van der Waals surface area contributed by atoms with E-state index >= 15 is 0 Å². The van der Waals surface area contributed by atoms with Crippen molar-refractivity contribution in [1.82, 2.24) is 10.6 Å². The number of unbranched alkanes of at least 4 members (excludes halogenated alkanes) is 2. The van der Waals surface area contributed by atoms with Gasteiger partial charge in [0.15, 0.2) is 5.96 Å². The van der Waals surface area contributed by atoms with Gasteiger partial charge in [-0.15, -0.1) is 24.0 Å². The highest BCUT2D eigenvalue weighted by Crippen LogP contribution is 2.31. The fourth-order valence-corrected chi connectivity index (χ4v) is 2.71. The normalized spacial score (nSPS) is 16.9. The number of aliphatic imine (C=N–C) groups is 1. The molecular weight excluding hydrogens is 403 g/mol. The molecule has 1 aromatic carbocycles. The predicted molar refractivity (Wildman–Crippen MR) is 107 cm³/mol. The molecule has 0 spiro atoms. The van der Waals surface area contributed by atoms with Crippen molar-refractivity contribution in [2.75, 3.05) is 25.5 Å². The maximum atomic E-state index is 11.8. The second kappa shape index (κ2) is 10.5. The van der Waals surface area contributed by atoms with Gasteiger partial charge in [0.25, 0.3) is 0 Å². The van der Waals surface area contributed by atoms with E-state index in [4.69, 9.17) is 0 Å². The Kier molecular flexibility index (Phi) is 8.98. The number of guanidine groups is 1. The number of fused-ring (bicyclic) bond motifs is 1. The molecular formula is C17H27IN4O. The molecule has 1 amide bonds. The van der Waals surface area contributed by atoms with Crippen LogP contribution in [0.4, 0.5) is 5.69 Å². The van der Waals surface area contributed by atoms with Crippen molar-refractivity contribution in [3.05, 3.63) is 29.8 Å². The lowest BCUT2D eigenvalue weighted by molar-refractivity contribution is -0.116. The molecule has 0 saturated carbocycles. The largest absolute Gasteiger partial charge is 0.356 e. The van der Waals surface area contributed by atoms with Gasteiger partial charge in [0.1, 0.15) is 0 Å². The molecule has 0 fully saturated rings. The summed E-state index contributed by atoms with van der Waals surface area (Å²) in [5, 5.41) is 9.58. The SMILES string of the molecule is CCCCCNC(=NC)NCC1CC(=O)Nc2ccccc21.I. The fourth-order valence-electron chi connectivity index (χ4n) is 2.71. The summed E-state index contributed by atoms with van der Waals surface area (Å²) in [5.74, 6) is 1.06. The van der Waals surface area contributed by atoms with E-state index in [1.165, 1.54) is 18.4 Å².